The average Bonchev–Trinajstić information content (AvgIpc) is 2.67. The zero-order valence-corrected chi connectivity index (χ0v) is 15.2. The van der Waals surface area contributed by atoms with Crippen molar-refractivity contribution in [1.29, 1.82) is 0 Å². The molecule has 3 rings (SSSR count). The predicted octanol–water partition coefficient (Wildman–Crippen LogP) is 3.17. The van der Waals surface area contributed by atoms with Crippen LogP contribution in [0.1, 0.15) is 34.5 Å². The highest BCUT2D eigenvalue weighted by atomic mass is 16.2. The number of pyridine rings is 1. The molecule has 0 N–H and O–H groups in total. The largest absolute Gasteiger partial charge is 0.337 e. The van der Waals surface area contributed by atoms with Crippen LogP contribution in [0.3, 0.4) is 0 Å². The molecule has 1 fully saturated rings. The second kappa shape index (κ2) is 8.26. The lowest BCUT2D eigenvalue weighted by Gasteiger charge is -2.37. The summed E-state index contributed by atoms with van der Waals surface area (Å²) in [6.07, 6.45) is 4.96. The number of piperidine rings is 1. The van der Waals surface area contributed by atoms with Gasteiger partial charge in [-0.2, -0.15) is 0 Å². The molecule has 4 heteroatoms. The minimum Gasteiger partial charge on any atom is -0.337 e. The van der Waals surface area contributed by atoms with Gasteiger partial charge in [0, 0.05) is 37.6 Å². The summed E-state index contributed by atoms with van der Waals surface area (Å²) in [7, 11) is 2.18. The van der Waals surface area contributed by atoms with Crippen molar-refractivity contribution in [2.45, 2.75) is 32.2 Å². The first-order valence-electron chi connectivity index (χ1n) is 9.09. The van der Waals surface area contributed by atoms with Gasteiger partial charge < -0.3 is 9.80 Å². The Morgan fingerprint density at radius 1 is 1.24 bits per heavy atom. The normalized spacial score (nSPS) is 17.7. The SMILES string of the molecule is Cc1ccc(C(=O)N2CCCC(N(C)CCc3ccccc3)C2)cn1. The monoisotopic (exact) mass is 337 g/mol. The molecule has 1 aromatic carbocycles. The van der Waals surface area contributed by atoms with E-state index in [4.69, 9.17) is 0 Å². The Balaban J connectivity index is 1.56. The van der Waals surface area contributed by atoms with E-state index in [1.54, 1.807) is 6.20 Å². The first-order valence-corrected chi connectivity index (χ1v) is 9.09. The van der Waals surface area contributed by atoms with Crippen molar-refractivity contribution in [3.8, 4) is 0 Å². The lowest BCUT2D eigenvalue weighted by atomic mass is 10.0. The number of likely N-dealkylation sites (N-methyl/N-ethyl adjacent to an activating group) is 1. The first kappa shape index (κ1) is 17.6. The molecule has 25 heavy (non-hydrogen) atoms. The van der Waals surface area contributed by atoms with Gasteiger partial charge in [-0.05, 0) is 50.9 Å². The molecule has 2 aromatic rings. The van der Waals surface area contributed by atoms with Crippen LogP contribution < -0.4 is 0 Å². The van der Waals surface area contributed by atoms with Gasteiger partial charge in [0.05, 0.1) is 5.56 Å². The van der Waals surface area contributed by atoms with Crippen molar-refractivity contribution in [2.75, 3.05) is 26.7 Å². The Kier molecular flexibility index (Phi) is 5.82. The highest BCUT2D eigenvalue weighted by molar-refractivity contribution is 5.94. The lowest BCUT2D eigenvalue weighted by molar-refractivity contribution is 0.0611. The zero-order chi connectivity index (χ0) is 17.6. The summed E-state index contributed by atoms with van der Waals surface area (Å²) in [5.74, 6) is 0.105. The molecule has 0 aliphatic carbocycles. The molecule has 132 valence electrons. The van der Waals surface area contributed by atoms with E-state index in [1.807, 2.05) is 24.0 Å². The Labute approximate surface area is 150 Å². The summed E-state index contributed by atoms with van der Waals surface area (Å²) < 4.78 is 0. The number of nitrogens with zero attached hydrogens (tertiary/aromatic N) is 3. The van der Waals surface area contributed by atoms with Gasteiger partial charge in [-0.15, -0.1) is 0 Å². The fraction of sp³-hybridized carbons (Fsp3) is 0.429. The second-order valence-corrected chi connectivity index (χ2v) is 6.95. The van der Waals surface area contributed by atoms with E-state index in [9.17, 15) is 4.79 Å². The van der Waals surface area contributed by atoms with Crippen LogP contribution >= 0.6 is 0 Å². The van der Waals surface area contributed by atoms with Gasteiger partial charge in [-0.3, -0.25) is 9.78 Å². The van der Waals surface area contributed by atoms with Crippen molar-refractivity contribution in [1.82, 2.24) is 14.8 Å². The van der Waals surface area contributed by atoms with E-state index >= 15 is 0 Å². The molecule has 1 aromatic heterocycles. The van der Waals surface area contributed by atoms with Crippen LogP contribution in [0.25, 0.3) is 0 Å². The summed E-state index contributed by atoms with van der Waals surface area (Å²) in [5.41, 5.74) is 3.00. The molecule has 1 atom stereocenters. The summed E-state index contributed by atoms with van der Waals surface area (Å²) in [6.45, 7) is 4.60. The minimum absolute atomic E-state index is 0.105. The Hall–Kier alpha value is -2.20. The Morgan fingerprint density at radius 2 is 2.04 bits per heavy atom. The highest BCUT2D eigenvalue weighted by Crippen LogP contribution is 2.18. The average molecular weight is 337 g/mol. The molecule has 4 nitrogen and oxygen atoms in total. The number of carbonyl (C=O) groups is 1. The molecule has 1 aliphatic rings. The summed E-state index contributed by atoms with van der Waals surface area (Å²) >= 11 is 0. The number of likely N-dealkylation sites (tertiary alicyclic amines) is 1. The maximum Gasteiger partial charge on any atom is 0.255 e. The number of carbonyl (C=O) groups excluding carboxylic acids is 1. The third-order valence-electron chi connectivity index (χ3n) is 5.06. The van der Waals surface area contributed by atoms with Gasteiger partial charge in [0.2, 0.25) is 0 Å². The summed E-state index contributed by atoms with van der Waals surface area (Å²) in [5, 5.41) is 0. The van der Waals surface area contributed by atoms with Gasteiger partial charge in [-0.1, -0.05) is 30.3 Å². The van der Waals surface area contributed by atoms with Crippen molar-refractivity contribution in [3.05, 3.63) is 65.5 Å². The zero-order valence-electron chi connectivity index (χ0n) is 15.2. The predicted molar refractivity (Wildman–Crippen MR) is 101 cm³/mol. The van der Waals surface area contributed by atoms with Gasteiger partial charge >= 0.3 is 0 Å². The third kappa shape index (κ3) is 4.67. The fourth-order valence-electron chi connectivity index (χ4n) is 3.41. The van der Waals surface area contributed by atoms with Gasteiger partial charge in [0.25, 0.3) is 5.91 Å². The Bertz CT molecular complexity index is 684. The molecule has 1 unspecified atom stereocenters. The second-order valence-electron chi connectivity index (χ2n) is 6.95. The number of amides is 1. The van der Waals surface area contributed by atoms with E-state index in [-0.39, 0.29) is 5.91 Å². The van der Waals surface area contributed by atoms with Gasteiger partial charge in [-0.25, -0.2) is 0 Å². The van der Waals surface area contributed by atoms with Crippen molar-refractivity contribution in [2.24, 2.45) is 0 Å². The maximum atomic E-state index is 12.7. The first-order chi connectivity index (χ1) is 12.1. The molecule has 1 aliphatic heterocycles. The lowest BCUT2D eigenvalue weighted by Crippen LogP contribution is -2.49. The number of benzene rings is 1. The fourth-order valence-corrected chi connectivity index (χ4v) is 3.41. The molecule has 0 spiro atoms. The van der Waals surface area contributed by atoms with Gasteiger partial charge in [0.1, 0.15) is 0 Å². The molecule has 1 amide bonds. The van der Waals surface area contributed by atoms with Gasteiger partial charge in [0.15, 0.2) is 0 Å². The summed E-state index contributed by atoms with van der Waals surface area (Å²) in [6, 6.07) is 14.8. The molecular weight excluding hydrogens is 310 g/mol. The van der Waals surface area contributed by atoms with Crippen LogP contribution in [0.5, 0.6) is 0 Å². The number of hydrogen-bond donors (Lipinski definition) is 0. The van der Waals surface area contributed by atoms with Crippen LogP contribution in [0.4, 0.5) is 0 Å². The molecule has 0 radical (unpaired) electrons. The van der Waals surface area contributed by atoms with Crippen molar-refractivity contribution < 1.29 is 4.79 Å². The smallest absolute Gasteiger partial charge is 0.255 e. The molecule has 0 bridgehead atoms. The van der Waals surface area contributed by atoms with E-state index in [1.165, 1.54) is 5.56 Å². The quantitative estimate of drug-likeness (QED) is 0.841. The van der Waals surface area contributed by atoms with E-state index < -0.39 is 0 Å². The molecule has 2 heterocycles. The van der Waals surface area contributed by atoms with E-state index in [0.29, 0.717) is 11.6 Å². The van der Waals surface area contributed by atoms with Crippen LogP contribution in [-0.4, -0.2) is 53.4 Å². The molecular formula is C21H27N3O. The van der Waals surface area contributed by atoms with E-state index in [2.05, 4.69) is 47.3 Å². The molecule has 0 saturated carbocycles. The summed E-state index contributed by atoms with van der Waals surface area (Å²) in [4.78, 5) is 21.4. The third-order valence-corrected chi connectivity index (χ3v) is 5.06. The minimum atomic E-state index is 0.105. The topological polar surface area (TPSA) is 36.4 Å². The number of aryl methyl sites for hydroxylation is 1. The number of aromatic nitrogens is 1. The maximum absolute atomic E-state index is 12.7. The van der Waals surface area contributed by atoms with Crippen LogP contribution in [0, 0.1) is 6.92 Å². The standard InChI is InChI=1S/C21H27N3O/c1-17-10-11-19(15-22-17)21(25)24-13-6-9-20(16-24)23(2)14-12-18-7-4-3-5-8-18/h3-5,7-8,10-11,15,20H,6,9,12-14,16H2,1-2H3. The highest BCUT2D eigenvalue weighted by Gasteiger charge is 2.26. The van der Waals surface area contributed by atoms with Crippen molar-refractivity contribution in [3.63, 3.8) is 0 Å². The number of hydrogen-bond acceptors (Lipinski definition) is 3. The molecule has 1 saturated heterocycles. The van der Waals surface area contributed by atoms with Crippen LogP contribution in [0.2, 0.25) is 0 Å². The van der Waals surface area contributed by atoms with E-state index in [0.717, 1.165) is 44.6 Å². The van der Waals surface area contributed by atoms with Crippen LogP contribution in [-0.2, 0) is 6.42 Å². The van der Waals surface area contributed by atoms with Crippen LogP contribution in [0.15, 0.2) is 48.7 Å². The number of rotatable bonds is 5. The van der Waals surface area contributed by atoms with Crippen molar-refractivity contribution >= 4 is 5.91 Å². The Morgan fingerprint density at radius 3 is 2.76 bits per heavy atom.